The molecule has 2 aliphatic rings. The minimum absolute atomic E-state index is 0.0431. The molecule has 2 fully saturated rings. The SMILES string of the molecule is Cc1ccc2c(c1)n(C1CCN(C3CCOCC3)CC1)c(=O)n2OC(C)C. The van der Waals surface area contributed by atoms with Crippen LogP contribution < -0.4 is 10.5 Å². The molecule has 0 saturated carbocycles. The van der Waals surface area contributed by atoms with Crippen LogP contribution in [0.5, 0.6) is 0 Å². The second kappa shape index (κ2) is 7.68. The number of aromatic nitrogens is 2. The molecule has 0 spiro atoms. The van der Waals surface area contributed by atoms with Crippen molar-refractivity contribution in [3.05, 3.63) is 34.2 Å². The van der Waals surface area contributed by atoms with Crippen molar-refractivity contribution in [1.29, 1.82) is 0 Å². The average molecular weight is 373 g/mol. The molecule has 3 heterocycles. The summed E-state index contributed by atoms with van der Waals surface area (Å²) >= 11 is 0. The Morgan fingerprint density at radius 3 is 2.41 bits per heavy atom. The van der Waals surface area contributed by atoms with Gasteiger partial charge in [-0.05, 0) is 64.2 Å². The second-order valence-corrected chi connectivity index (χ2v) is 8.20. The van der Waals surface area contributed by atoms with E-state index >= 15 is 0 Å². The molecule has 6 nitrogen and oxygen atoms in total. The molecule has 0 amide bonds. The molecule has 2 saturated heterocycles. The van der Waals surface area contributed by atoms with E-state index in [1.807, 2.05) is 30.5 Å². The smallest absolute Gasteiger partial charge is 0.362 e. The number of hydrogen-bond donors (Lipinski definition) is 0. The van der Waals surface area contributed by atoms with Gasteiger partial charge in [0.1, 0.15) is 11.6 Å². The van der Waals surface area contributed by atoms with E-state index in [1.165, 1.54) is 4.73 Å². The lowest BCUT2D eigenvalue weighted by Gasteiger charge is -2.39. The molecule has 0 atom stereocenters. The van der Waals surface area contributed by atoms with Crippen LogP contribution in [0.2, 0.25) is 0 Å². The third kappa shape index (κ3) is 3.65. The summed E-state index contributed by atoms with van der Waals surface area (Å²) in [4.78, 5) is 21.6. The maximum Gasteiger partial charge on any atom is 0.362 e. The monoisotopic (exact) mass is 373 g/mol. The molecule has 0 bridgehead atoms. The fourth-order valence-electron chi connectivity index (χ4n) is 4.53. The third-order valence-corrected chi connectivity index (χ3v) is 5.88. The van der Waals surface area contributed by atoms with Gasteiger partial charge in [-0.25, -0.2) is 4.79 Å². The van der Waals surface area contributed by atoms with Crippen LogP contribution in [0.15, 0.2) is 23.0 Å². The van der Waals surface area contributed by atoms with E-state index in [4.69, 9.17) is 9.57 Å². The van der Waals surface area contributed by atoms with Gasteiger partial charge in [0, 0.05) is 38.4 Å². The van der Waals surface area contributed by atoms with Gasteiger partial charge in [-0.3, -0.25) is 4.57 Å². The van der Waals surface area contributed by atoms with Gasteiger partial charge in [-0.1, -0.05) is 6.07 Å². The van der Waals surface area contributed by atoms with Crippen molar-refractivity contribution in [3.8, 4) is 0 Å². The second-order valence-electron chi connectivity index (χ2n) is 8.20. The summed E-state index contributed by atoms with van der Waals surface area (Å²) in [5.74, 6) is 0. The summed E-state index contributed by atoms with van der Waals surface area (Å²) in [7, 11) is 0. The first kappa shape index (κ1) is 18.6. The number of nitrogens with zero attached hydrogens (tertiary/aromatic N) is 3. The summed E-state index contributed by atoms with van der Waals surface area (Å²) in [6.07, 6.45) is 4.23. The lowest BCUT2D eigenvalue weighted by molar-refractivity contribution is 0.0211. The van der Waals surface area contributed by atoms with Gasteiger partial charge in [-0.15, -0.1) is 4.73 Å². The van der Waals surface area contributed by atoms with Crippen LogP contribution in [-0.2, 0) is 4.74 Å². The number of fused-ring (bicyclic) bond motifs is 1. The maximum absolute atomic E-state index is 13.2. The van der Waals surface area contributed by atoms with Crippen molar-refractivity contribution < 1.29 is 9.57 Å². The molecule has 2 aliphatic heterocycles. The number of imidazole rings is 1. The van der Waals surface area contributed by atoms with Crippen LogP contribution >= 0.6 is 0 Å². The Hall–Kier alpha value is -1.79. The molecular weight excluding hydrogens is 342 g/mol. The highest BCUT2D eigenvalue weighted by atomic mass is 16.7. The highest BCUT2D eigenvalue weighted by Crippen LogP contribution is 2.28. The van der Waals surface area contributed by atoms with Crippen molar-refractivity contribution in [2.24, 2.45) is 0 Å². The molecule has 6 heteroatoms. The summed E-state index contributed by atoms with van der Waals surface area (Å²) in [5.41, 5.74) is 2.97. The number of rotatable bonds is 4. The highest BCUT2D eigenvalue weighted by molar-refractivity contribution is 5.76. The molecule has 148 valence electrons. The van der Waals surface area contributed by atoms with Crippen molar-refractivity contribution in [2.45, 2.75) is 64.6 Å². The van der Waals surface area contributed by atoms with E-state index < -0.39 is 0 Å². The Morgan fingerprint density at radius 1 is 1.04 bits per heavy atom. The van der Waals surface area contributed by atoms with Crippen LogP contribution in [0.25, 0.3) is 11.0 Å². The zero-order valence-electron chi connectivity index (χ0n) is 16.7. The van der Waals surface area contributed by atoms with Crippen LogP contribution in [0, 0.1) is 6.92 Å². The number of hydrogen-bond acceptors (Lipinski definition) is 4. The molecule has 0 radical (unpaired) electrons. The molecule has 0 aliphatic carbocycles. The Balaban J connectivity index is 1.61. The fraction of sp³-hybridized carbons (Fsp3) is 0.667. The zero-order chi connectivity index (χ0) is 19.0. The zero-order valence-corrected chi connectivity index (χ0v) is 16.7. The van der Waals surface area contributed by atoms with Crippen LogP contribution in [0.3, 0.4) is 0 Å². The van der Waals surface area contributed by atoms with Crippen molar-refractivity contribution in [3.63, 3.8) is 0 Å². The number of ether oxygens (including phenoxy) is 1. The van der Waals surface area contributed by atoms with E-state index in [2.05, 4.69) is 17.9 Å². The lowest BCUT2D eigenvalue weighted by Crippen LogP contribution is -2.45. The van der Waals surface area contributed by atoms with E-state index in [0.717, 1.165) is 68.6 Å². The van der Waals surface area contributed by atoms with Gasteiger partial charge in [0.25, 0.3) is 0 Å². The third-order valence-electron chi connectivity index (χ3n) is 5.88. The van der Waals surface area contributed by atoms with Crippen molar-refractivity contribution >= 4 is 11.0 Å². The molecule has 4 rings (SSSR count). The standard InChI is InChI=1S/C21H31N3O3/c1-15(2)27-24-19-5-4-16(3)14-20(19)23(21(24)25)18-6-10-22(11-7-18)17-8-12-26-13-9-17/h4-5,14-15,17-18H,6-13H2,1-3H3. The van der Waals surface area contributed by atoms with Crippen LogP contribution in [0.4, 0.5) is 0 Å². The Bertz CT molecular complexity index is 840. The topological polar surface area (TPSA) is 48.6 Å². The molecular formula is C21H31N3O3. The number of likely N-dealkylation sites (tertiary alicyclic amines) is 1. The van der Waals surface area contributed by atoms with E-state index in [-0.39, 0.29) is 17.8 Å². The summed E-state index contributed by atoms with van der Waals surface area (Å²) in [6.45, 7) is 9.83. The summed E-state index contributed by atoms with van der Waals surface area (Å²) in [6, 6.07) is 7.03. The Kier molecular flexibility index (Phi) is 5.28. The quantitative estimate of drug-likeness (QED) is 0.827. The van der Waals surface area contributed by atoms with E-state index in [9.17, 15) is 4.79 Å². The summed E-state index contributed by atoms with van der Waals surface area (Å²) < 4.78 is 8.97. The van der Waals surface area contributed by atoms with Crippen molar-refractivity contribution in [1.82, 2.24) is 14.2 Å². The molecule has 0 N–H and O–H groups in total. The first-order chi connectivity index (χ1) is 13.0. The largest absolute Gasteiger partial charge is 0.406 e. The van der Waals surface area contributed by atoms with Gasteiger partial charge < -0.3 is 14.5 Å². The van der Waals surface area contributed by atoms with Gasteiger partial charge in [-0.2, -0.15) is 0 Å². The molecule has 0 unspecified atom stereocenters. The molecule has 27 heavy (non-hydrogen) atoms. The van der Waals surface area contributed by atoms with Gasteiger partial charge in [0.05, 0.1) is 5.52 Å². The first-order valence-electron chi connectivity index (χ1n) is 10.3. The van der Waals surface area contributed by atoms with Gasteiger partial charge >= 0.3 is 5.69 Å². The summed E-state index contributed by atoms with van der Waals surface area (Å²) in [5, 5.41) is 0. The minimum atomic E-state index is -0.0474. The van der Waals surface area contributed by atoms with Crippen molar-refractivity contribution in [2.75, 3.05) is 26.3 Å². The Labute approximate surface area is 160 Å². The number of aryl methyl sites for hydroxylation is 1. The first-order valence-corrected chi connectivity index (χ1v) is 10.3. The fourth-order valence-corrected chi connectivity index (χ4v) is 4.53. The van der Waals surface area contributed by atoms with E-state index in [1.54, 1.807) is 0 Å². The predicted molar refractivity (Wildman–Crippen MR) is 106 cm³/mol. The predicted octanol–water partition coefficient (Wildman–Crippen LogP) is 2.76. The number of benzene rings is 1. The van der Waals surface area contributed by atoms with Crippen LogP contribution in [-0.4, -0.2) is 52.6 Å². The molecule has 2 aromatic rings. The average Bonchev–Trinajstić information content (AvgIpc) is 2.93. The van der Waals surface area contributed by atoms with E-state index in [0.29, 0.717) is 6.04 Å². The van der Waals surface area contributed by atoms with Gasteiger partial charge in [0.2, 0.25) is 0 Å². The minimum Gasteiger partial charge on any atom is -0.406 e. The number of piperidine rings is 1. The van der Waals surface area contributed by atoms with Crippen LogP contribution in [0.1, 0.15) is 51.1 Å². The maximum atomic E-state index is 13.2. The normalized spacial score (nSPS) is 20.6. The molecule has 1 aromatic heterocycles. The Morgan fingerprint density at radius 2 is 1.74 bits per heavy atom. The molecule has 1 aromatic carbocycles. The van der Waals surface area contributed by atoms with Gasteiger partial charge in [0.15, 0.2) is 0 Å². The highest BCUT2D eigenvalue weighted by Gasteiger charge is 2.29. The lowest BCUT2D eigenvalue weighted by atomic mass is 9.99.